The van der Waals surface area contributed by atoms with E-state index in [4.69, 9.17) is 10.5 Å². The number of ketones is 1. The Balaban J connectivity index is 2.13. The van der Waals surface area contributed by atoms with E-state index in [9.17, 15) is 37.5 Å². The van der Waals surface area contributed by atoms with Crippen molar-refractivity contribution in [2.24, 2.45) is 5.73 Å². The van der Waals surface area contributed by atoms with Crippen LogP contribution in [0.15, 0.2) is 30.3 Å². The maximum Gasteiger partial charge on any atom is 0.471 e. The van der Waals surface area contributed by atoms with E-state index < -0.39 is 47.4 Å². The Hall–Kier alpha value is -2.99. The fourth-order valence-corrected chi connectivity index (χ4v) is 4.68. The largest absolute Gasteiger partial charge is 0.480 e. The van der Waals surface area contributed by atoms with Crippen molar-refractivity contribution in [1.29, 1.82) is 0 Å². The average molecular weight is 530 g/mol. The van der Waals surface area contributed by atoms with Crippen LogP contribution in [-0.4, -0.2) is 77.1 Å². The molecule has 1 aliphatic rings. The number of aliphatic carboxylic acids is 1. The molecule has 12 heteroatoms. The van der Waals surface area contributed by atoms with Crippen molar-refractivity contribution in [3.05, 3.63) is 35.9 Å². The summed E-state index contributed by atoms with van der Waals surface area (Å²) in [6.07, 6.45) is -3.64. The van der Waals surface area contributed by atoms with Crippen molar-refractivity contribution in [3.8, 4) is 0 Å². The SMILES string of the molecule is CCOC(=O)C(CCc1ccccc1)N1CCC[C@]1(C(=O)O)C(=O)[C@@H](N)CCCCNC(=O)C(F)(F)F. The summed E-state index contributed by atoms with van der Waals surface area (Å²) in [6.45, 7) is 1.65. The van der Waals surface area contributed by atoms with E-state index in [0.717, 1.165) is 5.56 Å². The van der Waals surface area contributed by atoms with Gasteiger partial charge in [-0.1, -0.05) is 30.3 Å². The third kappa shape index (κ3) is 7.75. The predicted octanol–water partition coefficient (Wildman–Crippen LogP) is 2.22. The number of carbonyl (C=O) groups excluding carboxylic acids is 3. The third-order valence-corrected chi connectivity index (χ3v) is 6.50. The maximum atomic E-state index is 13.5. The molecule has 3 atom stereocenters. The number of hydrogen-bond acceptors (Lipinski definition) is 7. The monoisotopic (exact) mass is 529 g/mol. The molecule has 1 aromatic carbocycles. The molecule has 2 rings (SSSR count). The van der Waals surface area contributed by atoms with Gasteiger partial charge in [-0.05, 0) is 57.4 Å². The van der Waals surface area contributed by atoms with Gasteiger partial charge in [-0.3, -0.25) is 19.3 Å². The Labute approximate surface area is 213 Å². The van der Waals surface area contributed by atoms with E-state index in [2.05, 4.69) is 0 Å². The lowest BCUT2D eigenvalue weighted by Crippen LogP contribution is -2.65. The first-order chi connectivity index (χ1) is 17.4. The standard InChI is InChI=1S/C25H34F3N3O6/c1-2-37-21(33)19(13-12-17-9-4-3-5-10-17)31-16-8-14-24(31,23(35)36)20(32)18(29)11-6-7-15-30-22(34)25(26,27)28/h3-5,9-10,18-19H,2,6-8,11-16,29H2,1H3,(H,30,34)(H,35,36)/t18-,19?,24+/m0/s1. The summed E-state index contributed by atoms with van der Waals surface area (Å²) in [5.74, 6) is -4.84. The van der Waals surface area contributed by atoms with E-state index in [1.54, 1.807) is 12.2 Å². The van der Waals surface area contributed by atoms with E-state index in [-0.39, 0.29) is 51.8 Å². The van der Waals surface area contributed by atoms with Gasteiger partial charge in [-0.15, -0.1) is 0 Å². The van der Waals surface area contributed by atoms with E-state index in [1.165, 1.54) is 4.90 Å². The van der Waals surface area contributed by atoms with Gasteiger partial charge < -0.3 is 20.9 Å². The number of halogens is 3. The Morgan fingerprint density at radius 3 is 2.43 bits per heavy atom. The summed E-state index contributed by atoms with van der Waals surface area (Å²) in [4.78, 5) is 51.2. The molecular formula is C25H34F3N3O6. The number of Topliss-reactive ketones (excluding diaryl/α,β-unsaturated/α-hetero) is 1. The minimum atomic E-state index is -4.98. The highest BCUT2D eigenvalue weighted by Gasteiger charge is 2.58. The number of alkyl halides is 3. The second-order valence-corrected chi connectivity index (χ2v) is 8.97. The van der Waals surface area contributed by atoms with Crippen LogP contribution in [0, 0.1) is 0 Å². The number of hydrogen-bond donors (Lipinski definition) is 3. The topological polar surface area (TPSA) is 139 Å². The zero-order valence-electron chi connectivity index (χ0n) is 20.8. The first-order valence-electron chi connectivity index (χ1n) is 12.3. The number of rotatable bonds is 14. The van der Waals surface area contributed by atoms with Crippen molar-refractivity contribution in [2.45, 2.75) is 75.7 Å². The van der Waals surface area contributed by atoms with Gasteiger partial charge >= 0.3 is 24.0 Å². The summed E-state index contributed by atoms with van der Waals surface area (Å²) in [7, 11) is 0. The number of nitrogens with one attached hydrogen (secondary N) is 1. The van der Waals surface area contributed by atoms with E-state index in [0.29, 0.717) is 12.8 Å². The summed E-state index contributed by atoms with van der Waals surface area (Å²) < 4.78 is 42.0. The summed E-state index contributed by atoms with van der Waals surface area (Å²) in [5, 5.41) is 12.0. The first-order valence-corrected chi connectivity index (χ1v) is 12.3. The fourth-order valence-electron chi connectivity index (χ4n) is 4.68. The first kappa shape index (κ1) is 30.2. The Bertz CT molecular complexity index is 943. The quantitative estimate of drug-likeness (QED) is 0.189. The molecular weight excluding hydrogens is 495 g/mol. The molecule has 0 saturated carbocycles. The molecule has 0 bridgehead atoms. The lowest BCUT2D eigenvalue weighted by Gasteiger charge is -2.39. The molecule has 0 spiro atoms. The van der Waals surface area contributed by atoms with Crippen LogP contribution in [0.1, 0.15) is 51.0 Å². The van der Waals surface area contributed by atoms with Gasteiger partial charge in [0.25, 0.3) is 0 Å². The van der Waals surface area contributed by atoms with Gasteiger partial charge in [-0.25, -0.2) is 4.79 Å². The molecule has 9 nitrogen and oxygen atoms in total. The van der Waals surface area contributed by atoms with Gasteiger partial charge in [0.1, 0.15) is 6.04 Å². The molecule has 37 heavy (non-hydrogen) atoms. The van der Waals surface area contributed by atoms with Crippen molar-refractivity contribution in [2.75, 3.05) is 19.7 Å². The van der Waals surface area contributed by atoms with Crippen LogP contribution in [0.5, 0.6) is 0 Å². The molecule has 1 fully saturated rings. The molecule has 0 aliphatic carbocycles. The van der Waals surface area contributed by atoms with Gasteiger partial charge in [0.15, 0.2) is 11.3 Å². The number of carboxylic acid groups (broad SMARTS) is 1. The molecule has 1 unspecified atom stereocenters. The number of ether oxygens (including phenoxy) is 1. The fraction of sp³-hybridized carbons (Fsp3) is 0.600. The highest BCUT2D eigenvalue weighted by Crippen LogP contribution is 2.35. The second-order valence-electron chi connectivity index (χ2n) is 8.97. The number of esters is 1. The van der Waals surface area contributed by atoms with Gasteiger partial charge in [0, 0.05) is 13.1 Å². The van der Waals surface area contributed by atoms with Crippen LogP contribution in [0.3, 0.4) is 0 Å². The highest BCUT2D eigenvalue weighted by atomic mass is 19.4. The molecule has 1 heterocycles. The molecule has 1 saturated heterocycles. The summed E-state index contributed by atoms with van der Waals surface area (Å²) in [6, 6.07) is 7.13. The summed E-state index contributed by atoms with van der Waals surface area (Å²) >= 11 is 0. The lowest BCUT2D eigenvalue weighted by atomic mass is 9.84. The normalized spacial score (nSPS) is 19.7. The van der Waals surface area contributed by atoms with E-state index in [1.807, 2.05) is 30.3 Å². The van der Waals surface area contributed by atoms with Crippen LogP contribution in [0.25, 0.3) is 0 Å². The number of likely N-dealkylation sites (tertiary alicyclic amines) is 1. The van der Waals surface area contributed by atoms with Crippen LogP contribution < -0.4 is 11.1 Å². The van der Waals surface area contributed by atoms with Crippen molar-refractivity contribution >= 4 is 23.6 Å². The highest BCUT2D eigenvalue weighted by molar-refractivity contribution is 6.10. The Kier molecular flexibility index (Phi) is 11.1. The zero-order valence-corrected chi connectivity index (χ0v) is 20.8. The van der Waals surface area contributed by atoms with E-state index >= 15 is 0 Å². The predicted molar refractivity (Wildman–Crippen MR) is 127 cm³/mol. The molecule has 206 valence electrons. The van der Waals surface area contributed by atoms with Gasteiger partial charge in [-0.2, -0.15) is 13.2 Å². The third-order valence-electron chi connectivity index (χ3n) is 6.50. The number of nitrogens with two attached hydrogens (primary N) is 1. The van der Waals surface area contributed by atoms with Gasteiger partial charge in [0.05, 0.1) is 12.6 Å². The molecule has 4 N–H and O–H groups in total. The maximum absolute atomic E-state index is 13.5. The zero-order chi connectivity index (χ0) is 27.6. The minimum Gasteiger partial charge on any atom is -0.480 e. The number of carbonyl (C=O) groups is 4. The van der Waals surface area contributed by atoms with Crippen molar-refractivity contribution in [1.82, 2.24) is 10.2 Å². The van der Waals surface area contributed by atoms with Crippen molar-refractivity contribution < 1.29 is 42.2 Å². The van der Waals surface area contributed by atoms with Crippen LogP contribution in [0.2, 0.25) is 0 Å². The number of unbranched alkanes of at least 4 members (excludes halogenated alkanes) is 1. The lowest BCUT2D eigenvalue weighted by molar-refractivity contribution is -0.173. The molecule has 1 amide bonds. The Morgan fingerprint density at radius 1 is 1.16 bits per heavy atom. The Morgan fingerprint density at radius 2 is 1.84 bits per heavy atom. The molecule has 0 aromatic heterocycles. The van der Waals surface area contributed by atoms with Gasteiger partial charge in [0.2, 0.25) is 0 Å². The number of nitrogens with zero attached hydrogens (tertiary/aromatic N) is 1. The number of aryl methyl sites for hydroxylation is 1. The van der Waals surface area contributed by atoms with Crippen LogP contribution in [0.4, 0.5) is 13.2 Å². The summed E-state index contributed by atoms with van der Waals surface area (Å²) in [5.41, 5.74) is 5.00. The number of amides is 1. The minimum absolute atomic E-state index is 0.0116. The smallest absolute Gasteiger partial charge is 0.471 e. The van der Waals surface area contributed by atoms with Crippen LogP contribution >= 0.6 is 0 Å². The molecule has 1 aliphatic heterocycles. The molecule has 1 aromatic rings. The molecule has 0 radical (unpaired) electrons. The average Bonchev–Trinajstić information content (AvgIpc) is 3.29. The van der Waals surface area contributed by atoms with Crippen LogP contribution in [-0.2, 0) is 30.3 Å². The second kappa shape index (κ2) is 13.5. The number of benzene rings is 1. The van der Waals surface area contributed by atoms with Crippen molar-refractivity contribution in [3.63, 3.8) is 0 Å². The number of carboxylic acids is 1.